The van der Waals surface area contributed by atoms with Crippen molar-refractivity contribution in [2.24, 2.45) is 0 Å². The molecule has 4 nitrogen and oxygen atoms in total. The van der Waals surface area contributed by atoms with Gasteiger partial charge in [0.1, 0.15) is 5.82 Å². The number of aromatic nitrogens is 2. The van der Waals surface area contributed by atoms with Crippen molar-refractivity contribution < 1.29 is 4.74 Å². The first-order valence-corrected chi connectivity index (χ1v) is 6.92. The summed E-state index contributed by atoms with van der Waals surface area (Å²) in [5.74, 6) is 0.860. The lowest BCUT2D eigenvalue weighted by Crippen LogP contribution is -2.12. The summed E-state index contributed by atoms with van der Waals surface area (Å²) >= 11 is 0. The van der Waals surface area contributed by atoms with Crippen LogP contribution >= 0.6 is 0 Å². The zero-order valence-electron chi connectivity index (χ0n) is 11.4. The summed E-state index contributed by atoms with van der Waals surface area (Å²) in [4.78, 5) is 0. The molecule has 1 heterocycles. The van der Waals surface area contributed by atoms with E-state index in [1.54, 1.807) is 0 Å². The highest BCUT2D eigenvalue weighted by atomic mass is 16.5. The molecule has 1 fully saturated rings. The van der Waals surface area contributed by atoms with Crippen LogP contribution in [0.25, 0.3) is 0 Å². The lowest BCUT2D eigenvalue weighted by Gasteiger charge is -2.11. The molecule has 1 N–H and O–H groups in total. The summed E-state index contributed by atoms with van der Waals surface area (Å²) in [6, 6.07) is 2.04. The molecule has 0 radical (unpaired) electrons. The highest BCUT2D eigenvalue weighted by Crippen LogP contribution is 2.20. The highest BCUT2D eigenvalue weighted by molar-refractivity contribution is 5.37. The van der Waals surface area contributed by atoms with Crippen molar-refractivity contribution in [3.05, 3.63) is 17.3 Å². The molecule has 0 spiro atoms. The topological polar surface area (TPSA) is 47.0 Å². The molecular weight excluding hydrogens is 226 g/mol. The Morgan fingerprint density at radius 1 is 1.28 bits per heavy atom. The van der Waals surface area contributed by atoms with Gasteiger partial charge in [-0.3, -0.25) is 0 Å². The van der Waals surface area contributed by atoms with Crippen LogP contribution < -0.4 is 5.32 Å². The Labute approximate surface area is 109 Å². The molecule has 1 aliphatic rings. The molecule has 0 amide bonds. The lowest BCUT2D eigenvalue weighted by molar-refractivity contribution is 0.0583. The predicted molar refractivity (Wildman–Crippen MR) is 72.8 cm³/mol. The summed E-state index contributed by atoms with van der Waals surface area (Å²) in [5.41, 5.74) is 2.17. The van der Waals surface area contributed by atoms with Crippen molar-refractivity contribution in [3.63, 3.8) is 0 Å². The van der Waals surface area contributed by atoms with Crippen molar-refractivity contribution in [1.29, 1.82) is 0 Å². The van der Waals surface area contributed by atoms with Gasteiger partial charge in [0, 0.05) is 13.2 Å². The number of rotatable bonds is 6. The van der Waals surface area contributed by atoms with Gasteiger partial charge in [-0.15, -0.1) is 5.10 Å². The van der Waals surface area contributed by atoms with Gasteiger partial charge >= 0.3 is 0 Å². The molecule has 18 heavy (non-hydrogen) atoms. The summed E-state index contributed by atoms with van der Waals surface area (Å²) in [7, 11) is 0. The average molecular weight is 249 g/mol. The van der Waals surface area contributed by atoms with Crippen LogP contribution in [0.4, 0.5) is 5.82 Å². The molecule has 100 valence electrons. The Morgan fingerprint density at radius 3 is 2.78 bits per heavy atom. The second kappa shape index (κ2) is 6.69. The van der Waals surface area contributed by atoms with E-state index in [2.05, 4.69) is 22.4 Å². The first-order valence-electron chi connectivity index (χ1n) is 6.92. The quantitative estimate of drug-likeness (QED) is 0.787. The molecule has 0 bridgehead atoms. The smallest absolute Gasteiger partial charge is 0.148 e. The number of anilines is 1. The van der Waals surface area contributed by atoms with E-state index in [0.29, 0.717) is 6.10 Å². The highest BCUT2D eigenvalue weighted by Gasteiger charge is 2.14. The minimum Gasteiger partial charge on any atom is -0.378 e. The second-order valence-electron chi connectivity index (χ2n) is 5.06. The maximum atomic E-state index is 5.81. The molecule has 0 atom stereocenters. The van der Waals surface area contributed by atoms with Crippen LogP contribution in [0.5, 0.6) is 0 Å². The van der Waals surface area contributed by atoms with Gasteiger partial charge in [-0.25, -0.2) is 0 Å². The standard InChI is InChI=1S/C14H23N3O/c1-11-10-14(17-16-12(11)2)15-8-5-9-18-13-6-3-4-7-13/h10,13H,3-9H2,1-2H3,(H,15,17). The molecule has 1 aliphatic carbocycles. The largest absolute Gasteiger partial charge is 0.378 e. The minimum atomic E-state index is 0.520. The van der Waals surface area contributed by atoms with Gasteiger partial charge in [0.25, 0.3) is 0 Å². The molecule has 1 saturated carbocycles. The van der Waals surface area contributed by atoms with Crippen molar-refractivity contribution in [1.82, 2.24) is 10.2 Å². The number of hydrogen-bond donors (Lipinski definition) is 1. The first-order chi connectivity index (χ1) is 8.75. The van der Waals surface area contributed by atoms with E-state index in [1.807, 2.05) is 13.0 Å². The SMILES string of the molecule is Cc1cc(NCCCOC2CCCC2)nnc1C. The number of nitrogens with zero attached hydrogens (tertiary/aromatic N) is 2. The van der Waals surface area contributed by atoms with Crippen LogP contribution in [0.2, 0.25) is 0 Å². The van der Waals surface area contributed by atoms with Gasteiger partial charge in [0.15, 0.2) is 0 Å². The van der Waals surface area contributed by atoms with Crippen LogP contribution in [0.1, 0.15) is 43.4 Å². The van der Waals surface area contributed by atoms with Gasteiger partial charge in [-0.2, -0.15) is 5.10 Å². The van der Waals surface area contributed by atoms with E-state index in [9.17, 15) is 0 Å². The third kappa shape index (κ3) is 3.95. The third-order valence-electron chi connectivity index (χ3n) is 3.51. The number of aryl methyl sites for hydroxylation is 2. The van der Waals surface area contributed by atoms with E-state index < -0.39 is 0 Å². The number of nitrogens with one attached hydrogen (secondary N) is 1. The molecule has 2 rings (SSSR count). The fourth-order valence-corrected chi connectivity index (χ4v) is 2.23. The molecule has 0 aliphatic heterocycles. The van der Waals surface area contributed by atoms with Gasteiger partial charge in [0.2, 0.25) is 0 Å². The van der Waals surface area contributed by atoms with Gasteiger partial charge in [-0.1, -0.05) is 12.8 Å². The minimum absolute atomic E-state index is 0.520. The second-order valence-corrected chi connectivity index (χ2v) is 5.06. The summed E-state index contributed by atoms with van der Waals surface area (Å²) in [6.07, 6.45) is 6.70. The average Bonchev–Trinajstić information content (AvgIpc) is 2.86. The van der Waals surface area contributed by atoms with Crippen LogP contribution in [-0.4, -0.2) is 29.5 Å². The van der Waals surface area contributed by atoms with Crippen molar-refractivity contribution in [2.45, 2.75) is 52.1 Å². The fourth-order valence-electron chi connectivity index (χ4n) is 2.23. The zero-order chi connectivity index (χ0) is 12.8. The first kappa shape index (κ1) is 13.3. The molecule has 0 unspecified atom stereocenters. The summed E-state index contributed by atoms with van der Waals surface area (Å²) < 4.78 is 5.81. The van der Waals surface area contributed by atoms with Crippen LogP contribution in [0.15, 0.2) is 6.07 Å². The third-order valence-corrected chi connectivity index (χ3v) is 3.51. The maximum absolute atomic E-state index is 5.81. The van der Waals surface area contributed by atoms with E-state index >= 15 is 0 Å². The lowest BCUT2D eigenvalue weighted by atomic mass is 10.2. The van der Waals surface area contributed by atoms with Crippen molar-refractivity contribution in [3.8, 4) is 0 Å². The molecule has 4 heteroatoms. The Morgan fingerprint density at radius 2 is 2.06 bits per heavy atom. The van der Waals surface area contributed by atoms with Crippen molar-refractivity contribution >= 4 is 5.82 Å². The van der Waals surface area contributed by atoms with Crippen LogP contribution in [0, 0.1) is 13.8 Å². The molecular formula is C14H23N3O. The van der Waals surface area contributed by atoms with Crippen molar-refractivity contribution in [2.75, 3.05) is 18.5 Å². The van der Waals surface area contributed by atoms with Crippen LogP contribution in [0.3, 0.4) is 0 Å². The summed E-state index contributed by atoms with van der Waals surface area (Å²) in [5, 5.41) is 11.5. The normalized spacial score (nSPS) is 16.1. The Bertz CT molecular complexity index is 375. The van der Waals surface area contributed by atoms with E-state index in [-0.39, 0.29) is 0 Å². The molecule has 0 aromatic carbocycles. The van der Waals surface area contributed by atoms with E-state index in [0.717, 1.165) is 31.1 Å². The maximum Gasteiger partial charge on any atom is 0.148 e. The van der Waals surface area contributed by atoms with Gasteiger partial charge < -0.3 is 10.1 Å². The van der Waals surface area contributed by atoms with Gasteiger partial charge in [-0.05, 0) is 44.7 Å². The zero-order valence-corrected chi connectivity index (χ0v) is 11.4. The summed E-state index contributed by atoms with van der Waals surface area (Å²) in [6.45, 7) is 5.76. The van der Waals surface area contributed by atoms with E-state index in [4.69, 9.17) is 4.74 Å². The number of hydrogen-bond acceptors (Lipinski definition) is 4. The Balaban J connectivity index is 1.61. The predicted octanol–water partition coefficient (Wildman–Crippen LogP) is 2.85. The Hall–Kier alpha value is -1.16. The van der Waals surface area contributed by atoms with E-state index in [1.165, 1.54) is 31.2 Å². The fraction of sp³-hybridized carbons (Fsp3) is 0.714. The molecule has 0 saturated heterocycles. The Kier molecular flexibility index (Phi) is 4.93. The van der Waals surface area contributed by atoms with Gasteiger partial charge in [0.05, 0.1) is 11.8 Å². The number of ether oxygens (including phenoxy) is 1. The van der Waals surface area contributed by atoms with Crippen LogP contribution in [-0.2, 0) is 4.74 Å². The monoisotopic (exact) mass is 249 g/mol. The molecule has 1 aromatic rings. The molecule has 1 aromatic heterocycles.